The van der Waals surface area contributed by atoms with Gasteiger partial charge >= 0.3 is 5.69 Å². The molecule has 0 aliphatic carbocycles. The van der Waals surface area contributed by atoms with E-state index < -0.39 is 0 Å². The van der Waals surface area contributed by atoms with Gasteiger partial charge in [0.1, 0.15) is 0 Å². The fourth-order valence-corrected chi connectivity index (χ4v) is 2.83. The maximum Gasteiger partial charge on any atom is 0.323 e. The van der Waals surface area contributed by atoms with E-state index in [0.29, 0.717) is 5.92 Å². The predicted octanol–water partition coefficient (Wildman–Crippen LogP) is 2.93. The third-order valence-electron chi connectivity index (χ3n) is 3.06. The maximum atomic E-state index is 11.3. The highest BCUT2D eigenvalue weighted by atomic mass is 79.9. The molecule has 0 bridgehead atoms. The fraction of sp³-hybridized carbons (Fsp3) is 0.462. The summed E-state index contributed by atoms with van der Waals surface area (Å²) in [5, 5.41) is 3.33. The van der Waals surface area contributed by atoms with Crippen LogP contribution in [-0.2, 0) is 0 Å². The topological polar surface area (TPSA) is 60.7 Å². The minimum atomic E-state index is -0.168. The molecule has 1 atom stereocenters. The summed E-state index contributed by atoms with van der Waals surface area (Å²) in [5.74, 6) is 0.607. The number of rotatable bonds is 4. The van der Waals surface area contributed by atoms with Crippen LogP contribution >= 0.6 is 15.9 Å². The van der Waals surface area contributed by atoms with Gasteiger partial charge in [-0.1, -0.05) is 29.8 Å². The minimum absolute atomic E-state index is 0.168. The Bertz CT molecular complexity index is 600. The third kappa shape index (κ3) is 2.67. The lowest BCUT2D eigenvalue weighted by atomic mass is 9.97. The minimum Gasteiger partial charge on any atom is -0.313 e. The first-order valence-electron chi connectivity index (χ1n) is 6.10. The van der Waals surface area contributed by atoms with E-state index >= 15 is 0 Å². The first-order valence-corrected chi connectivity index (χ1v) is 6.89. The van der Waals surface area contributed by atoms with Gasteiger partial charge in [0.05, 0.1) is 11.0 Å². The summed E-state index contributed by atoms with van der Waals surface area (Å²) >= 11 is 3.58. The molecule has 1 heterocycles. The molecule has 1 aromatic heterocycles. The molecule has 0 radical (unpaired) electrons. The normalized spacial score (nSPS) is 13.4. The summed E-state index contributed by atoms with van der Waals surface area (Å²) in [7, 11) is 1.96. The molecule has 2 aromatic rings. The fourth-order valence-electron chi connectivity index (χ4n) is 2.21. The van der Waals surface area contributed by atoms with Crippen LogP contribution in [0.3, 0.4) is 0 Å². The molecule has 18 heavy (non-hydrogen) atoms. The zero-order valence-electron chi connectivity index (χ0n) is 10.8. The van der Waals surface area contributed by atoms with Gasteiger partial charge in [0.2, 0.25) is 0 Å². The Morgan fingerprint density at radius 2 is 1.89 bits per heavy atom. The smallest absolute Gasteiger partial charge is 0.313 e. The number of benzene rings is 1. The molecule has 0 aliphatic rings. The highest BCUT2D eigenvalue weighted by Crippen LogP contribution is 2.30. The number of nitrogens with one attached hydrogen (secondary N) is 3. The van der Waals surface area contributed by atoms with Crippen molar-refractivity contribution in [3.8, 4) is 0 Å². The van der Waals surface area contributed by atoms with Crippen molar-refractivity contribution in [2.45, 2.75) is 26.3 Å². The lowest BCUT2D eigenvalue weighted by molar-refractivity contribution is 0.456. The molecule has 0 fully saturated rings. The van der Waals surface area contributed by atoms with Crippen molar-refractivity contribution in [3.63, 3.8) is 0 Å². The zero-order chi connectivity index (χ0) is 13.3. The van der Waals surface area contributed by atoms with Crippen LogP contribution in [0.1, 0.15) is 31.9 Å². The monoisotopic (exact) mass is 311 g/mol. The second-order valence-electron chi connectivity index (χ2n) is 4.97. The summed E-state index contributed by atoms with van der Waals surface area (Å²) < 4.78 is 1.02. The Labute approximate surface area is 114 Å². The second-order valence-corrected chi connectivity index (χ2v) is 5.82. The molecule has 0 saturated heterocycles. The maximum absolute atomic E-state index is 11.3. The van der Waals surface area contributed by atoms with E-state index in [2.05, 4.69) is 45.1 Å². The van der Waals surface area contributed by atoms with Crippen molar-refractivity contribution in [2.24, 2.45) is 5.92 Å². The number of imidazole rings is 1. The number of H-pyrrole nitrogens is 2. The molecule has 98 valence electrons. The Hall–Kier alpha value is -1.07. The summed E-state index contributed by atoms with van der Waals surface area (Å²) in [5.41, 5.74) is 2.69. The highest BCUT2D eigenvalue weighted by molar-refractivity contribution is 9.10. The average Bonchev–Trinajstić information content (AvgIpc) is 2.64. The van der Waals surface area contributed by atoms with E-state index in [0.717, 1.165) is 21.9 Å². The molecule has 0 spiro atoms. The van der Waals surface area contributed by atoms with Crippen molar-refractivity contribution in [1.82, 2.24) is 15.3 Å². The molecule has 1 unspecified atom stereocenters. The van der Waals surface area contributed by atoms with Gasteiger partial charge < -0.3 is 15.3 Å². The Morgan fingerprint density at radius 3 is 2.44 bits per heavy atom. The third-order valence-corrected chi connectivity index (χ3v) is 3.75. The Kier molecular flexibility index (Phi) is 3.92. The number of fused-ring (bicyclic) bond motifs is 1. The van der Waals surface area contributed by atoms with Crippen LogP contribution < -0.4 is 11.0 Å². The van der Waals surface area contributed by atoms with Gasteiger partial charge in [0, 0.05) is 10.5 Å². The zero-order valence-corrected chi connectivity index (χ0v) is 12.4. The van der Waals surface area contributed by atoms with Gasteiger partial charge in [0.15, 0.2) is 0 Å². The first kappa shape index (κ1) is 13.4. The van der Waals surface area contributed by atoms with Gasteiger partial charge in [-0.15, -0.1) is 0 Å². The van der Waals surface area contributed by atoms with Crippen molar-refractivity contribution in [2.75, 3.05) is 7.05 Å². The van der Waals surface area contributed by atoms with Crippen LogP contribution in [0.25, 0.3) is 11.0 Å². The molecule has 3 N–H and O–H groups in total. The SMILES string of the molecule is CNC(CC(C)C)c1cc2[nH]c(=O)[nH]c2cc1Br. The van der Waals surface area contributed by atoms with E-state index in [4.69, 9.17) is 0 Å². The number of hydrogen-bond donors (Lipinski definition) is 3. The van der Waals surface area contributed by atoms with Crippen LogP contribution in [0.5, 0.6) is 0 Å². The van der Waals surface area contributed by atoms with Crippen LogP contribution in [0.2, 0.25) is 0 Å². The quantitative estimate of drug-likeness (QED) is 0.813. The lowest BCUT2D eigenvalue weighted by Gasteiger charge is -2.20. The van der Waals surface area contributed by atoms with E-state index in [-0.39, 0.29) is 11.7 Å². The molecule has 0 amide bonds. The molecule has 1 aromatic carbocycles. The van der Waals surface area contributed by atoms with Crippen LogP contribution in [0.15, 0.2) is 21.4 Å². The van der Waals surface area contributed by atoms with Crippen LogP contribution in [0.4, 0.5) is 0 Å². The number of aromatic amines is 2. The van der Waals surface area contributed by atoms with Gasteiger partial charge in [0.25, 0.3) is 0 Å². The molecule has 0 aliphatic heterocycles. The van der Waals surface area contributed by atoms with Crippen LogP contribution in [-0.4, -0.2) is 17.0 Å². The molecule has 2 rings (SSSR count). The van der Waals surface area contributed by atoms with Gasteiger partial charge in [-0.05, 0) is 37.1 Å². The standard InChI is InChI=1S/C13H18BrN3O/c1-7(2)4-10(15-3)8-5-11-12(6-9(8)14)17-13(18)16-11/h5-7,10,15H,4H2,1-3H3,(H2,16,17,18). The van der Waals surface area contributed by atoms with E-state index in [1.54, 1.807) is 0 Å². The summed E-state index contributed by atoms with van der Waals surface area (Å²) in [6, 6.07) is 4.26. The van der Waals surface area contributed by atoms with E-state index in [1.165, 1.54) is 5.56 Å². The molecular formula is C13H18BrN3O. The number of halogens is 1. The van der Waals surface area contributed by atoms with Crippen LogP contribution in [0, 0.1) is 5.92 Å². The second kappa shape index (κ2) is 5.28. The summed E-state index contributed by atoms with van der Waals surface area (Å²) in [4.78, 5) is 16.8. The van der Waals surface area contributed by atoms with Gasteiger partial charge in [-0.2, -0.15) is 0 Å². The Balaban J connectivity index is 2.48. The summed E-state index contributed by atoms with van der Waals surface area (Å²) in [6.45, 7) is 4.41. The number of hydrogen-bond acceptors (Lipinski definition) is 2. The van der Waals surface area contributed by atoms with Gasteiger partial charge in [-0.3, -0.25) is 0 Å². The molecule has 5 heteroatoms. The largest absolute Gasteiger partial charge is 0.323 e. The number of aromatic nitrogens is 2. The first-order chi connectivity index (χ1) is 8.51. The van der Waals surface area contributed by atoms with Crippen molar-refractivity contribution in [1.29, 1.82) is 0 Å². The van der Waals surface area contributed by atoms with E-state index in [1.807, 2.05) is 19.2 Å². The molecule has 4 nitrogen and oxygen atoms in total. The lowest BCUT2D eigenvalue weighted by Crippen LogP contribution is -2.18. The average molecular weight is 312 g/mol. The molecule has 0 saturated carbocycles. The Morgan fingerprint density at radius 1 is 1.28 bits per heavy atom. The van der Waals surface area contributed by atoms with Gasteiger partial charge in [-0.25, -0.2) is 4.79 Å². The summed E-state index contributed by atoms with van der Waals surface area (Å²) in [6.07, 6.45) is 1.05. The van der Waals surface area contributed by atoms with Crippen molar-refractivity contribution < 1.29 is 0 Å². The predicted molar refractivity (Wildman–Crippen MR) is 77.9 cm³/mol. The highest BCUT2D eigenvalue weighted by Gasteiger charge is 2.15. The molecular weight excluding hydrogens is 294 g/mol. The van der Waals surface area contributed by atoms with Crippen molar-refractivity contribution >= 4 is 27.0 Å². The van der Waals surface area contributed by atoms with Crippen molar-refractivity contribution in [3.05, 3.63) is 32.7 Å². The van der Waals surface area contributed by atoms with E-state index in [9.17, 15) is 4.79 Å².